The number of carbonyl (C=O) groups is 1. The molecule has 206 valence electrons. The van der Waals surface area contributed by atoms with Crippen molar-refractivity contribution in [3.05, 3.63) is 45.0 Å². The van der Waals surface area contributed by atoms with Gasteiger partial charge in [0.25, 0.3) is 5.56 Å². The van der Waals surface area contributed by atoms with E-state index >= 15 is 0 Å². The van der Waals surface area contributed by atoms with Crippen LogP contribution in [-0.2, 0) is 11.3 Å². The van der Waals surface area contributed by atoms with Gasteiger partial charge in [-0.05, 0) is 58.6 Å². The molecular formula is C26H32ClN9O3. The molecule has 1 aliphatic rings. The maximum atomic E-state index is 13.8. The van der Waals surface area contributed by atoms with Crippen molar-refractivity contribution in [3.63, 3.8) is 0 Å². The zero-order valence-electron chi connectivity index (χ0n) is 22.4. The molecule has 0 spiro atoms. The molecule has 39 heavy (non-hydrogen) atoms. The summed E-state index contributed by atoms with van der Waals surface area (Å²) in [6.07, 6.45) is 1.21. The van der Waals surface area contributed by atoms with Crippen molar-refractivity contribution >= 4 is 46.2 Å². The normalized spacial score (nSPS) is 16.5. The number of hydrogen-bond donors (Lipinski definition) is 3. The van der Waals surface area contributed by atoms with Gasteiger partial charge in [0.1, 0.15) is 28.9 Å². The highest BCUT2D eigenvalue weighted by molar-refractivity contribution is 6.35. The van der Waals surface area contributed by atoms with Crippen molar-refractivity contribution in [2.45, 2.75) is 58.7 Å². The Labute approximate surface area is 230 Å². The number of nitrogens with one attached hydrogen (secondary N) is 1. The van der Waals surface area contributed by atoms with Gasteiger partial charge >= 0.3 is 6.09 Å². The monoisotopic (exact) mass is 553 g/mol. The number of benzene rings is 1. The van der Waals surface area contributed by atoms with Crippen LogP contribution in [0.25, 0.3) is 10.9 Å². The minimum atomic E-state index is -0.607. The third-order valence-electron chi connectivity index (χ3n) is 6.38. The van der Waals surface area contributed by atoms with Gasteiger partial charge in [0, 0.05) is 19.6 Å². The van der Waals surface area contributed by atoms with Crippen LogP contribution in [0.1, 0.15) is 58.0 Å². The minimum Gasteiger partial charge on any atom is -0.444 e. The Morgan fingerprint density at radius 1 is 1.31 bits per heavy atom. The van der Waals surface area contributed by atoms with E-state index in [1.807, 2.05) is 26.8 Å². The number of amides is 1. The summed E-state index contributed by atoms with van der Waals surface area (Å²) in [6, 6.07) is 6.48. The second kappa shape index (κ2) is 10.9. The molecule has 1 amide bonds. The molecular weight excluding hydrogens is 522 g/mol. The fraction of sp³-hybridized carbons (Fsp3) is 0.462. The Hall–Kier alpha value is -4.11. The summed E-state index contributed by atoms with van der Waals surface area (Å²) in [4.78, 5) is 41.0. The summed E-state index contributed by atoms with van der Waals surface area (Å²) >= 11 is 6.42. The lowest BCUT2D eigenvalue weighted by Gasteiger charge is -2.34. The molecule has 3 aromatic rings. The van der Waals surface area contributed by atoms with Crippen LogP contribution >= 0.6 is 11.6 Å². The maximum Gasteiger partial charge on any atom is 0.410 e. The average Bonchev–Trinajstić information content (AvgIpc) is 2.84. The van der Waals surface area contributed by atoms with Crippen LogP contribution in [0.5, 0.6) is 0 Å². The molecule has 0 unspecified atom stereocenters. The first-order chi connectivity index (χ1) is 18.4. The van der Waals surface area contributed by atoms with Gasteiger partial charge < -0.3 is 26.4 Å². The van der Waals surface area contributed by atoms with E-state index in [0.29, 0.717) is 41.4 Å². The number of carbonyl (C=O) groups excluding carboxylic acids is 1. The van der Waals surface area contributed by atoms with E-state index in [1.54, 1.807) is 34.6 Å². The molecule has 13 heteroatoms. The van der Waals surface area contributed by atoms with Crippen LogP contribution in [0.4, 0.5) is 22.4 Å². The quantitative estimate of drug-likeness (QED) is 0.421. The van der Waals surface area contributed by atoms with Gasteiger partial charge in [0.15, 0.2) is 5.82 Å². The second-order valence-electron chi connectivity index (χ2n) is 10.6. The molecule has 0 radical (unpaired) electrons. The van der Waals surface area contributed by atoms with Gasteiger partial charge in [0.05, 0.1) is 22.0 Å². The lowest BCUT2D eigenvalue weighted by atomic mass is 9.98. The molecule has 1 fully saturated rings. The number of likely N-dealkylation sites (tertiary alicyclic amines) is 1. The van der Waals surface area contributed by atoms with Crippen molar-refractivity contribution in [2.24, 2.45) is 5.92 Å². The highest BCUT2D eigenvalue weighted by Crippen LogP contribution is 2.27. The van der Waals surface area contributed by atoms with E-state index in [9.17, 15) is 14.9 Å². The Morgan fingerprint density at radius 2 is 2.05 bits per heavy atom. The number of nitriles is 1. The number of aromatic nitrogens is 4. The van der Waals surface area contributed by atoms with E-state index in [2.05, 4.69) is 15.3 Å². The van der Waals surface area contributed by atoms with E-state index in [1.165, 1.54) is 0 Å². The lowest BCUT2D eigenvalue weighted by Crippen LogP contribution is -2.44. The first kappa shape index (κ1) is 27.9. The van der Waals surface area contributed by atoms with Gasteiger partial charge in [-0.2, -0.15) is 15.2 Å². The molecule has 1 aliphatic heterocycles. The first-order valence-corrected chi connectivity index (χ1v) is 13.0. The van der Waals surface area contributed by atoms with Crippen molar-refractivity contribution in [1.82, 2.24) is 24.4 Å². The number of piperidine rings is 1. The molecule has 0 saturated carbocycles. The predicted molar refractivity (Wildman–Crippen MR) is 149 cm³/mol. The highest BCUT2D eigenvalue weighted by Gasteiger charge is 2.29. The number of nitrogens with zero attached hydrogens (tertiary/aromatic N) is 6. The Kier molecular flexibility index (Phi) is 7.83. The number of halogens is 1. The molecule has 0 bridgehead atoms. The van der Waals surface area contributed by atoms with E-state index < -0.39 is 11.6 Å². The molecule has 5 N–H and O–H groups in total. The predicted octanol–water partition coefficient (Wildman–Crippen LogP) is 3.70. The number of fused-ring (bicyclic) bond motifs is 1. The van der Waals surface area contributed by atoms with Crippen LogP contribution in [0.2, 0.25) is 5.02 Å². The summed E-state index contributed by atoms with van der Waals surface area (Å²) in [5.41, 5.74) is 11.2. The molecule has 0 aliphatic carbocycles. The molecule has 1 aromatic carbocycles. The third kappa shape index (κ3) is 6.15. The number of hydrogen-bond acceptors (Lipinski definition) is 10. The fourth-order valence-electron chi connectivity index (χ4n) is 4.69. The van der Waals surface area contributed by atoms with Crippen LogP contribution in [0.15, 0.2) is 23.0 Å². The zero-order chi connectivity index (χ0) is 28.5. The molecule has 2 aromatic heterocycles. The molecule has 4 rings (SSSR count). The SMILES string of the molecule is C[C@H](Nc1nc(N)nc(N)c1C#N)c1nc2cccc(Cl)c2c(=O)n1C[C@@H]1CCCN(C(=O)OC(C)(C)C)C1. The number of anilines is 3. The van der Waals surface area contributed by atoms with Crippen molar-refractivity contribution < 1.29 is 9.53 Å². The van der Waals surface area contributed by atoms with Gasteiger partial charge in [-0.3, -0.25) is 9.36 Å². The summed E-state index contributed by atoms with van der Waals surface area (Å²) in [7, 11) is 0. The summed E-state index contributed by atoms with van der Waals surface area (Å²) < 4.78 is 7.14. The lowest BCUT2D eigenvalue weighted by molar-refractivity contribution is 0.0156. The number of rotatable bonds is 5. The van der Waals surface area contributed by atoms with Gasteiger partial charge in [0.2, 0.25) is 5.95 Å². The largest absolute Gasteiger partial charge is 0.444 e. The zero-order valence-corrected chi connectivity index (χ0v) is 23.1. The van der Waals surface area contributed by atoms with E-state index in [0.717, 1.165) is 12.8 Å². The Balaban J connectivity index is 1.72. The van der Waals surface area contributed by atoms with Crippen molar-refractivity contribution in [3.8, 4) is 6.07 Å². The molecule has 2 atom stereocenters. The minimum absolute atomic E-state index is 0.0309. The average molecular weight is 554 g/mol. The van der Waals surface area contributed by atoms with Gasteiger partial charge in [-0.25, -0.2) is 9.78 Å². The topological polar surface area (TPSA) is 178 Å². The highest BCUT2D eigenvalue weighted by atomic mass is 35.5. The number of nitrogen functional groups attached to an aromatic ring is 2. The second-order valence-corrected chi connectivity index (χ2v) is 11.0. The van der Waals surface area contributed by atoms with Crippen LogP contribution < -0.4 is 22.3 Å². The van der Waals surface area contributed by atoms with Crippen LogP contribution in [-0.4, -0.2) is 49.2 Å². The molecule has 3 heterocycles. The molecule has 1 saturated heterocycles. The van der Waals surface area contributed by atoms with Crippen LogP contribution in [0, 0.1) is 17.2 Å². The summed E-state index contributed by atoms with van der Waals surface area (Å²) in [5, 5.41) is 13.3. The summed E-state index contributed by atoms with van der Waals surface area (Å²) in [5.74, 6) is 0.359. The Morgan fingerprint density at radius 3 is 2.74 bits per heavy atom. The van der Waals surface area contributed by atoms with E-state index in [-0.39, 0.29) is 40.7 Å². The third-order valence-corrected chi connectivity index (χ3v) is 6.70. The van der Waals surface area contributed by atoms with Crippen LogP contribution in [0.3, 0.4) is 0 Å². The smallest absolute Gasteiger partial charge is 0.410 e. The summed E-state index contributed by atoms with van der Waals surface area (Å²) in [6.45, 7) is 8.58. The van der Waals surface area contributed by atoms with Crippen molar-refractivity contribution in [2.75, 3.05) is 29.9 Å². The standard InChI is InChI=1S/C26H32ClN9O3/c1-14(31-21-16(11-28)20(29)33-24(30)34-21)22-32-18-9-5-8-17(27)19(18)23(37)36(22)13-15-7-6-10-35(12-15)25(38)39-26(2,3)4/h5,8-9,14-15H,6-7,10,12-13H2,1-4H3,(H5,29,30,31,33,34)/t14-,15+/m0/s1. The van der Waals surface area contributed by atoms with Gasteiger partial charge in [-0.15, -0.1) is 0 Å². The maximum absolute atomic E-state index is 13.8. The van der Waals surface area contributed by atoms with Gasteiger partial charge in [-0.1, -0.05) is 17.7 Å². The first-order valence-electron chi connectivity index (χ1n) is 12.6. The molecule has 12 nitrogen and oxygen atoms in total. The fourth-order valence-corrected chi connectivity index (χ4v) is 4.94. The van der Waals surface area contributed by atoms with E-state index in [4.69, 9.17) is 32.8 Å². The van der Waals surface area contributed by atoms with Crippen molar-refractivity contribution in [1.29, 1.82) is 5.26 Å². The number of ether oxygens (including phenoxy) is 1. The Bertz CT molecular complexity index is 1510. The number of nitrogens with two attached hydrogens (primary N) is 2.